The molecule has 0 unspecified atom stereocenters. The summed E-state index contributed by atoms with van der Waals surface area (Å²) >= 11 is 0. The SMILES string of the molecule is Cc1ccc(NS(=O)(=O)c2ccc(F)c(C)c2)cc1C. The molecular formula is C15H16FNO2S. The first kappa shape index (κ1) is 14.5. The molecule has 0 radical (unpaired) electrons. The Morgan fingerprint density at radius 1 is 0.900 bits per heavy atom. The van der Waals surface area contributed by atoms with E-state index in [2.05, 4.69) is 4.72 Å². The largest absolute Gasteiger partial charge is 0.280 e. The molecule has 0 spiro atoms. The second-order valence-electron chi connectivity index (χ2n) is 4.82. The van der Waals surface area contributed by atoms with E-state index in [1.807, 2.05) is 19.9 Å². The van der Waals surface area contributed by atoms with E-state index in [0.29, 0.717) is 11.3 Å². The predicted molar refractivity (Wildman–Crippen MR) is 77.9 cm³/mol. The van der Waals surface area contributed by atoms with Gasteiger partial charge in [-0.05, 0) is 67.8 Å². The normalized spacial score (nSPS) is 11.4. The van der Waals surface area contributed by atoms with E-state index in [1.165, 1.54) is 19.1 Å². The number of hydrogen-bond donors (Lipinski definition) is 1. The van der Waals surface area contributed by atoms with Crippen molar-refractivity contribution in [3.8, 4) is 0 Å². The molecule has 0 atom stereocenters. The second-order valence-corrected chi connectivity index (χ2v) is 6.50. The summed E-state index contributed by atoms with van der Waals surface area (Å²) in [5.41, 5.74) is 2.88. The van der Waals surface area contributed by atoms with Crippen LogP contribution in [0.2, 0.25) is 0 Å². The lowest BCUT2D eigenvalue weighted by Gasteiger charge is -2.10. The fourth-order valence-electron chi connectivity index (χ4n) is 1.80. The molecule has 5 heteroatoms. The van der Waals surface area contributed by atoms with Gasteiger partial charge in [-0.15, -0.1) is 0 Å². The Balaban J connectivity index is 2.35. The van der Waals surface area contributed by atoms with Crippen molar-refractivity contribution in [3.63, 3.8) is 0 Å². The van der Waals surface area contributed by atoms with Crippen LogP contribution in [0.15, 0.2) is 41.3 Å². The minimum absolute atomic E-state index is 0.0506. The van der Waals surface area contributed by atoms with E-state index < -0.39 is 15.8 Å². The summed E-state index contributed by atoms with van der Waals surface area (Å²) in [6.07, 6.45) is 0. The summed E-state index contributed by atoms with van der Waals surface area (Å²) in [5, 5.41) is 0. The molecule has 2 aromatic carbocycles. The number of sulfonamides is 1. The molecule has 0 saturated carbocycles. The van der Waals surface area contributed by atoms with E-state index in [4.69, 9.17) is 0 Å². The number of nitrogens with one attached hydrogen (secondary N) is 1. The van der Waals surface area contributed by atoms with Gasteiger partial charge in [-0.1, -0.05) is 6.07 Å². The van der Waals surface area contributed by atoms with Gasteiger partial charge in [-0.3, -0.25) is 4.72 Å². The zero-order valence-corrected chi connectivity index (χ0v) is 12.4. The number of rotatable bonds is 3. The third kappa shape index (κ3) is 2.99. The molecule has 0 heterocycles. The fraction of sp³-hybridized carbons (Fsp3) is 0.200. The van der Waals surface area contributed by atoms with Crippen LogP contribution in [0.3, 0.4) is 0 Å². The van der Waals surface area contributed by atoms with Crippen molar-refractivity contribution in [3.05, 3.63) is 58.9 Å². The van der Waals surface area contributed by atoms with Crippen LogP contribution in [0.5, 0.6) is 0 Å². The Kier molecular flexibility index (Phi) is 3.81. The maximum absolute atomic E-state index is 13.2. The number of benzene rings is 2. The van der Waals surface area contributed by atoms with Crippen molar-refractivity contribution in [2.75, 3.05) is 4.72 Å². The fourth-order valence-corrected chi connectivity index (χ4v) is 2.94. The van der Waals surface area contributed by atoms with Crippen molar-refractivity contribution in [2.45, 2.75) is 25.7 Å². The Labute approximate surface area is 118 Å². The molecule has 106 valence electrons. The molecule has 0 aliphatic rings. The predicted octanol–water partition coefficient (Wildman–Crippen LogP) is 3.55. The average Bonchev–Trinajstić information content (AvgIpc) is 2.37. The van der Waals surface area contributed by atoms with Crippen molar-refractivity contribution in [1.29, 1.82) is 0 Å². The highest BCUT2D eigenvalue weighted by Crippen LogP contribution is 2.20. The standard InChI is InChI=1S/C15H16FNO2S/c1-10-4-5-13(8-11(10)2)17-20(18,19)14-6-7-15(16)12(3)9-14/h4-9,17H,1-3H3. The highest BCUT2D eigenvalue weighted by molar-refractivity contribution is 7.92. The first-order valence-corrected chi connectivity index (χ1v) is 7.64. The second kappa shape index (κ2) is 5.25. The summed E-state index contributed by atoms with van der Waals surface area (Å²) < 4.78 is 40.2. The monoisotopic (exact) mass is 293 g/mol. The molecule has 1 N–H and O–H groups in total. The van der Waals surface area contributed by atoms with Crippen LogP contribution in [0, 0.1) is 26.6 Å². The van der Waals surface area contributed by atoms with E-state index in [-0.39, 0.29) is 4.90 Å². The maximum atomic E-state index is 13.2. The van der Waals surface area contributed by atoms with Crippen molar-refractivity contribution < 1.29 is 12.8 Å². The lowest BCUT2D eigenvalue weighted by Crippen LogP contribution is -2.13. The van der Waals surface area contributed by atoms with Gasteiger partial charge in [0.05, 0.1) is 4.90 Å². The maximum Gasteiger partial charge on any atom is 0.261 e. The summed E-state index contributed by atoms with van der Waals surface area (Å²) in [6.45, 7) is 5.40. The number of hydrogen-bond acceptors (Lipinski definition) is 2. The van der Waals surface area contributed by atoms with Gasteiger partial charge in [-0.2, -0.15) is 0 Å². The van der Waals surface area contributed by atoms with Crippen LogP contribution in [-0.4, -0.2) is 8.42 Å². The van der Waals surface area contributed by atoms with Crippen LogP contribution in [-0.2, 0) is 10.0 Å². The van der Waals surface area contributed by atoms with Gasteiger partial charge < -0.3 is 0 Å². The lowest BCUT2D eigenvalue weighted by molar-refractivity contribution is 0.598. The van der Waals surface area contributed by atoms with Gasteiger partial charge in [0.25, 0.3) is 10.0 Å². The molecule has 20 heavy (non-hydrogen) atoms. The summed E-state index contributed by atoms with van der Waals surface area (Å²) in [5.74, 6) is -0.421. The molecule has 2 aromatic rings. The molecule has 0 fully saturated rings. The van der Waals surface area contributed by atoms with E-state index in [0.717, 1.165) is 17.2 Å². The zero-order valence-electron chi connectivity index (χ0n) is 11.6. The molecule has 2 rings (SSSR count). The highest BCUT2D eigenvalue weighted by atomic mass is 32.2. The number of halogens is 1. The average molecular weight is 293 g/mol. The van der Waals surface area contributed by atoms with Crippen LogP contribution in [0.25, 0.3) is 0 Å². The Morgan fingerprint density at radius 2 is 1.60 bits per heavy atom. The van der Waals surface area contributed by atoms with Gasteiger partial charge in [0.15, 0.2) is 0 Å². The molecule has 0 aliphatic carbocycles. The van der Waals surface area contributed by atoms with Gasteiger partial charge in [0.2, 0.25) is 0 Å². The highest BCUT2D eigenvalue weighted by Gasteiger charge is 2.15. The first-order valence-electron chi connectivity index (χ1n) is 6.16. The van der Waals surface area contributed by atoms with E-state index in [1.54, 1.807) is 12.1 Å². The summed E-state index contributed by atoms with van der Waals surface area (Å²) in [6, 6.07) is 9.05. The van der Waals surface area contributed by atoms with Crippen molar-refractivity contribution in [2.24, 2.45) is 0 Å². The molecule has 0 aliphatic heterocycles. The Hall–Kier alpha value is -1.88. The molecule has 0 saturated heterocycles. The minimum atomic E-state index is -3.70. The summed E-state index contributed by atoms with van der Waals surface area (Å²) in [4.78, 5) is 0.0506. The number of anilines is 1. The number of aryl methyl sites for hydroxylation is 3. The van der Waals surface area contributed by atoms with Gasteiger partial charge in [0, 0.05) is 5.69 Å². The smallest absolute Gasteiger partial charge is 0.261 e. The zero-order chi connectivity index (χ0) is 14.9. The Morgan fingerprint density at radius 3 is 2.20 bits per heavy atom. The van der Waals surface area contributed by atoms with Gasteiger partial charge in [-0.25, -0.2) is 12.8 Å². The topological polar surface area (TPSA) is 46.2 Å². The third-order valence-corrected chi connectivity index (χ3v) is 4.58. The molecule has 0 aromatic heterocycles. The lowest BCUT2D eigenvalue weighted by atomic mass is 10.1. The summed E-state index contributed by atoms with van der Waals surface area (Å²) in [7, 11) is -3.70. The van der Waals surface area contributed by atoms with Crippen molar-refractivity contribution >= 4 is 15.7 Å². The molecule has 3 nitrogen and oxygen atoms in total. The van der Waals surface area contributed by atoms with Crippen LogP contribution >= 0.6 is 0 Å². The van der Waals surface area contributed by atoms with Gasteiger partial charge >= 0.3 is 0 Å². The van der Waals surface area contributed by atoms with E-state index in [9.17, 15) is 12.8 Å². The Bertz CT molecular complexity index is 754. The van der Waals surface area contributed by atoms with Crippen molar-refractivity contribution in [1.82, 2.24) is 0 Å². The van der Waals surface area contributed by atoms with E-state index >= 15 is 0 Å². The van der Waals surface area contributed by atoms with Crippen LogP contribution in [0.1, 0.15) is 16.7 Å². The van der Waals surface area contributed by atoms with Crippen LogP contribution in [0.4, 0.5) is 10.1 Å². The molecular weight excluding hydrogens is 277 g/mol. The van der Waals surface area contributed by atoms with Gasteiger partial charge in [0.1, 0.15) is 5.82 Å². The molecule has 0 amide bonds. The third-order valence-electron chi connectivity index (χ3n) is 3.20. The van der Waals surface area contributed by atoms with Crippen LogP contribution < -0.4 is 4.72 Å². The molecule has 0 bridgehead atoms. The first-order chi connectivity index (χ1) is 9.29. The minimum Gasteiger partial charge on any atom is -0.280 e. The quantitative estimate of drug-likeness (QED) is 0.940.